The number of carbonyl (C=O) groups is 1. The molecular formula is C19H20N4O3. The lowest BCUT2D eigenvalue weighted by Crippen LogP contribution is -2.45. The number of oxazole rings is 1. The topological polar surface area (TPSA) is 95.2 Å². The van der Waals surface area contributed by atoms with Crippen LogP contribution in [-0.2, 0) is 24.3 Å². The van der Waals surface area contributed by atoms with Gasteiger partial charge in [-0.2, -0.15) is 0 Å². The summed E-state index contributed by atoms with van der Waals surface area (Å²) in [6.45, 7) is 4.80. The maximum atomic E-state index is 11.7. The van der Waals surface area contributed by atoms with Gasteiger partial charge in [-0.1, -0.05) is 17.7 Å². The highest BCUT2D eigenvalue weighted by Crippen LogP contribution is 2.27. The lowest BCUT2D eigenvalue weighted by molar-refractivity contribution is -0.144. The van der Waals surface area contributed by atoms with Gasteiger partial charge in [0.15, 0.2) is 0 Å². The highest BCUT2D eigenvalue weighted by atomic mass is 16.4. The Hall–Kier alpha value is -2.93. The van der Waals surface area contributed by atoms with Crippen LogP contribution in [-0.4, -0.2) is 37.0 Å². The molecule has 2 aromatic heterocycles. The Morgan fingerprint density at radius 2 is 2.27 bits per heavy atom. The number of carboxylic acid groups (broad SMARTS) is 1. The molecule has 4 rings (SSSR count). The number of imidazole rings is 1. The second kappa shape index (κ2) is 6.42. The lowest BCUT2D eigenvalue weighted by Gasteiger charge is -2.31. The maximum absolute atomic E-state index is 11.7. The van der Waals surface area contributed by atoms with E-state index >= 15 is 0 Å². The van der Waals surface area contributed by atoms with Crippen LogP contribution in [0.5, 0.6) is 0 Å². The molecule has 26 heavy (non-hydrogen) atoms. The molecule has 1 aliphatic rings. The number of nitrogens with one attached hydrogen (secondary N) is 1. The first-order valence-electron chi connectivity index (χ1n) is 8.52. The van der Waals surface area contributed by atoms with Crippen LogP contribution in [0, 0.1) is 13.8 Å². The molecule has 3 aromatic rings. The molecule has 0 radical (unpaired) electrons. The Bertz CT molecular complexity index is 959. The number of hydrogen-bond acceptors (Lipinski definition) is 5. The van der Waals surface area contributed by atoms with Gasteiger partial charge in [0.05, 0.1) is 23.4 Å². The van der Waals surface area contributed by atoms with Crippen LogP contribution < -0.4 is 0 Å². The molecule has 1 atom stereocenters. The van der Waals surface area contributed by atoms with Crippen molar-refractivity contribution in [1.82, 2.24) is 19.9 Å². The zero-order valence-electron chi connectivity index (χ0n) is 14.7. The molecule has 0 unspecified atom stereocenters. The van der Waals surface area contributed by atoms with E-state index in [4.69, 9.17) is 4.42 Å². The van der Waals surface area contributed by atoms with E-state index in [1.807, 2.05) is 43.0 Å². The summed E-state index contributed by atoms with van der Waals surface area (Å²) < 4.78 is 5.84. The third-order valence-corrected chi connectivity index (χ3v) is 4.79. The minimum atomic E-state index is -0.848. The van der Waals surface area contributed by atoms with Crippen molar-refractivity contribution in [3.05, 3.63) is 59.0 Å². The van der Waals surface area contributed by atoms with Gasteiger partial charge in [-0.25, -0.2) is 9.97 Å². The Labute approximate surface area is 150 Å². The fourth-order valence-electron chi connectivity index (χ4n) is 3.37. The third-order valence-electron chi connectivity index (χ3n) is 4.79. The fourth-order valence-corrected chi connectivity index (χ4v) is 3.37. The van der Waals surface area contributed by atoms with Crippen LogP contribution in [0.15, 0.2) is 35.0 Å². The maximum Gasteiger partial charge on any atom is 0.321 e. The summed E-state index contributed by atoms with van der Waals surface area (Å²) >= 11 is 0. The first-order chi connectivity index (χ1) is 12.5. The quantitative estimate of drug-likeness (QED) is 0.749. The first-order valence-corrected chi connectivity index (χ1v) is 8.52. The summed E-state index contributed by atoms with van der Waals surface area (Å²) in [7, 11) is 0. The minimum Gasteiger partial charge on any atom is -0.480 e. The number of benzene rings is 1. The van der Waals surface area contributed by atoms with Crippen molar-refractivity contribution in [2.24, 2.45) is 0 Å². The van der Waals surface area contributed by atoms with E-state index < -0.39 is 12.0 Å². The Morgan fingerprint density at radius 3 is 3.04 bits per heavy atom. The number of fused-ring (bicyclic) bond motifs is 1. The molecule has 1 aromatic carbocycles. The monoisotopic (exact) mass is 352 g/mol. The van der Waals surface area contributed by atoms with E-state index in [0.717, 1.165) is 28.2 Å². The Kier molecular flexibility index (Phi) is 4.08. The van der Waals surface area contributed by atoms with Crippen LogP contribution in [0.4, 0.5) is 0 Å². The molecule has 0 fully saturated rings. The third kappa shape index (κ3) is 3.01. The number of aryl methyl sites for hydroxylation is 2. The van der Waals surface area contributed by atoms with Crippen LogP contribution in [0.1, 0.15) is 28.4 Å². The molecule has 0 aliphatic carbocycles. The van der Waals surface area contributed by atoms with Gasteiger partial charge in [0.25, 0.3) is 0 Å². The molecule has 0 amide bonds. The zero-order chi connectivity index (χ0) is 18.3. The van der Waals surface area contributed by atoms with E-state index in [-0.39, 0.29) is 0 Å². The van der Waals surface area contributed by atoms with Crippen LogP contribution in [0.2, 0.25) is 0 Å². The summed E-state index contributed by atoms with van der Waals surface area (Å²) in [5.74, 6) is 0.423. The van der Waals surface area contributed by atoms with Gasteiger partial charge < -0.3 is 14.5 Å². The predicted molar refractivity (Wildman–Crippen MR) is 94.4 cm³/mol. The van der Waals surface area contributed by atoms with Crippen molar-refractivity contribution in [2.75, 3.05) is 0 Å². The van der Waals surface area contributed by atoms with Gasteiger partial charge in [-0.15, -0.1) is 0 Å². The van der Waals surface area contributed by atoms with Crippen molar-refractivity contribution in [1.29, 1.82) is 0 Å². The van der Waals surface area contributed by atoms with Crippen LogP contribution in [0.25, 0.3) is 11.5 Å². The molecule has 0 saturated heterocycles. The molecule has 0 bridgehead atoms. The van der Waals surface area contributed by atoms with Crippen molar-refractivity contribution >= 4 is 5.97 Å². The number of H-pyrrole nitrogens is 1. The number of aliphatic carboxylic acids is 1. The molecule has 0 saturated carbocycles. The number of hydrogen-bond donors (Lipinski definition) is 2. The van der Waals surface area contributed by atoms with Gasteiger partial charge in [-0.3, -0.25) is 9.69 Å². The van der Waals surface area contributed by atoms with Gasteiger partial charge in [0, 0.05) is 25.1 Å². The smallest absolute Gasteiger partial charge is 0.321 e. The zero-order valence-corrected chi connectivity index (χ0v) is 14.7. The van der Waals surface area contributed by atoms with Gasteiger partial charge in [-0.05, 0) is 26.0 Å². The highest BCUT2D eigenvalue weighted by Gasteiger charge is 2.33. The molecule has 7 heteroatoms. The number of carboxylic acids is 1. The fraction of sp³-hybridized carbons (Fsp3) is 0.316. The second-order valence-electron chi connectivity index (χ2n) is 6.68. The van der Waals surface area contributed by atoms with E-state index in [2.05, 4.69) is 15.0 Å². The number of aromatic nitrogens is 3. The van der Waals surface area contributed by atoms with Crippen LogP contribution in [0.3, 0.4) is 0 Å². The highest BCUT2D eigenvalue weighted by molar-refractivity contribution is 5.74. The molecule has 3 heterocycles. The van der Waals surface area contributed by atoms with E-state index in [0.29, 0.717) is 31.2 Å². The largest absolute Gasteiger partial charge is 0.480 e. The summed E-state index contributed by atoms with van der Waals surface area (Å²) in [6.07, 6.45) is 2.00. The molecular weight excluding hydrogens is 332 g/mol. The number of aromatic amines is 1. The van der Waals surface area contributed by atoms with E-state index in [1.165, 1.54) is 0 Å². The first kappa shape index (κ1) is 16.5. The average Bonchev–Trinajstić information content (AvgIpc) is 3.20. The predicted octanol–water partition coefficient (Wildman–Crippen LogP) is 2.69. The van der Waals surface area contributed by atoms with Gasteiger partial charge >= 0.3 is 5.97 Å². The van der Waals surface area contributed by atoms with Crippen molar-refractivity contribution in [3.63, 3.8) is 0 Å². The van der Waals surface area contributed by atoms with Gasteiger partial charge in [0.2, 0.25) is 5.89 Å². The van der Waals surface area contributed by atoms with E-state index in [9.17, 15) is 9.90 Å². The molecule has 134 valence electrons. The van der Waals surface area contributed by atoms with Crippen molar-refractivity contribution < 1.29 is 14.3 Å². The normalized spacial score (nSPS) is 17.2. The summed E-state index contributed by atoms with van der Waals surface area (Å²) in [4.78, 5) is 25.6. The summed E-state index contributed by atoms with van der Waals surface area (Å²) in [5.41, 5.74) is 4.60. The SMILES string of the molecule is Cc1cccc(-c2nc(CN3Cc4[nH]cnc4C[C@@H]3C(=O)O)c(C)o2)c1. The summed E-state index contributed by atoms with van der Waals surface area (Å²) in [5, 5.41) is 9.61. The van der Waals surface area contributed by atoms with Crippen LogP contribution >= 0.6 is 0 Å². The van der Waals surface area contributed by atoms with Crippen molar-refractivity contribution in [2.45, 2.75) is 39.4 Å². The second-order valence-corrected chi connectivity index (χ2v) is 6.68. The lowest BCUT2D eigenvalue weighted by atomic mass is 10.0. The number of rotatable bonds is 4. The number of nitrogens with zero attached hydrogens (tertiary/aromatic N) is 3. The minimum absolute atomic E-state index is 0.385. The molecule has 1 aliphatic heterocycles. The van der Waals surface area contributed by atoms with Gasteiger partial charge in [0.1, 0.15) is 11.8 Å². The molecule has 2 N–H and O–H groups in total. The van der Waals surface area contributed by atoms with Crippen molar-refractivity contribution in [3.8, 4) is 11.5 Å². The Balaban J connectivity index is 1.61. The summed E-state index contributed by atoms with van der Waals surface area (Å²) in [6, 6.07) is 7.35. The standard InChI is InChI=1S/C19H20N4O3/c1-11-4-3-5-13(6-11)18-22-15(12(2)26-18)8-23-9-16-14(20-10-21-16)7-17(23)19(24)25/h3-6,10,17H,7-9H2,1-2H3,(H,20,21)(H,24,25)/t17-/m1/s1. The Morgan fingerprint density at radius 1 is 1.42 bits per heavy atom. The average molecular weight is 352 g/mol. The van der Waals surface area contributed by atoms with E-state index in [1.54, 1.807) is 6.33 Å². The molecule has 7 nitrogen and oxygen atoms in total. The molecule has 0 spiro atoms.